The van der Waals surface area contributed by atoms with E-state index in [2.05, 4.69) is 15.0 Å². The van der Waals surface area contributed by atoms with Gasteiger partial charge in [0.2, 0.25) is 0 Å². The molecule has 0 aromatic carbocycles. The number of ether oxygens (including phenoxy) is 1. The second-order valence-electron chi connectivity index (χ2n) is 4.28. The third-order valence-corrected chi connectivity index (χ3v) is 3.02. The Morgan fingerprint density at radius 2 is 2.35 bits per heavy atom. The van der Waals surface area contributed by atoms with Crippen LogP contribution in [0, 0.1) is 6.92 Å². The Balaban J connectivity index is 0.00000200. The Hall–Kier alpha value is -1.09. The molecule has 0 amide bonds. The molecule has 20 heavy (non-hydrogen) atoms. The van der Waals surface area contributed by atoms with Gasteiger partial charge in [-0.05, 0) is 12.5 Å². The number of azide groups is 1. The van der Waals surface area contributed by atoms with Crippen LogP contribution < -0.4 is 45.9 Å². The summed E-state index contributed by atoms with van der Waals surface area (Å²) in [7, 11) is 0. The topological polar surface area (TPSA) is 136 Å². The largest absolute Gasteiger partial charge is 1.00 e. The quantitative estimate of drug-likeness (QED) is 0.264. The second kappa shape index (κ2) is 7.07. The van der Waals surface area contributed by atoms with Crippen molar-refractivity contribution in [1.29, 1.82) is 0 Å². The number of hydrogen-bond donors (Lipinski definition) is 1. The molecule has 1 aromatic heterocycles. The fourth-order valence-electron chi connectivity index (χ4n) is 2.02. The summed E-state index contributed by atoms with van der Waals surface area (Å²) in [6.45, 7) is 0.997. The Kier molecular flexibility index (Phi) is 6.00. The summed E-state index contributed by atoms with van der Waals surface area (Å²) in [5, 5.41) is 14.4. The molecule has 10 heteroatoms. The molecule has 1 aromatic rings. The summed E-state index contributed by atoms with van der Waals surface area (Å²) < 4.78 is 6.60. The van der Waals surface area contributed by atoms with E-state index >= 15 is 0 Å². The van der Waals surface area contributed by atoms with Gasteiger partial charge in [-0.3, -0.25) is 14.3 Å². The number of hydrogen-bond acceptors (Lipinski definition) is 5. The van der Waals surface area contributed by atoms with Crippen LogP contribution in [0.15, 0.2) is 20.9 Å². The van der Waals surface area contributed by atoms with Gasteiger partial charge in [0.1, 0.15) is 6.23 Å². The van der Waals surface area contributed by atoms with Gasteiger partial charge in [0, 0.05) is 23.1 Å². The smallest absolute Gasteiger partial charge is 0.853 e. The molecule has 0 saturated carbocycles. The van der Waals surface area contributed by atoms with Crippen LogP contribution in [0.5, 0.6) is 0 Å². The van der Waals surface area contributed by atoms with E-state index in [4.69, 9.17) is 10.3 Å². The molecule has 2 rings (SSSR count). The predicted molar refractivity (Wildman–Crippen MR) is 62.4 cm³/mol. The molecule has 1 aliphatic heterocycles. The van der Waals surface area contributed by atoms with Crippen LogP contribution in [-0.4, -0.2) is 28.3 Å². The summed E-state index contributed by atoms with van der Waals surface area (Å²) in [5.74, 6) is 0. The van der Waals surface area contributed by atoms with Crippen LogP contribution in [0.2, 0.25) is 0 Å². The van der Waals surface area contributed by atoms with Crippen molar-refractivity contribution in [2.24, 2.45) is 5.11 Å². The van der Waals surface area contributed by atoms with Crippen molar-refractivity contribution in [3.8, 4) is 0 Å². The SMILES string of the molecule is Cc1cn([C@H]2C[C@H](N=[N+]=[N-])[C@@H](C[O-])O2)c(=O)[nH]c1=O.[Na+]. The summed E-state index contributed by atoms with van der Waals surface area (Å²) in [6, 6.07) is -0.605. The molecule has 0 spiro atoms. The van der Waals surface area contributed by atoms with E-state index in [0.717, 1.165) is 0 Å². The van der Waals surface area contributed by atoms with E-state index in [0.29, 0.717) is 5.56 Å². The first-order valence-electron chi connectivity index (χ1n) is 5.66. The minimum absolute atomic E-state index is 0. The maximum atomic E-state index is 11.7. The normalized spacial score (nSPS) is 24.8. The third-order valence-electron chi connectivity index (χ3n) is 3.02. The zero-order chi connectivity index (χ0) is 14.0. The molecule has 1 fully saturated rings. The molecule has 3 atom stereocenters. The Morgan fingerprint density at radius 1 is 1.65 bits per heavy atom. The average Bonchev–Trinajstić information content (AvgIpc) is 2.77. The van der Waals surface area contributed by atoms with Crippen molar-refractivity contribution in [2.75, 3.05) is 6.61 Å². The molecule has 0 aliphatic carbocycles. The molecule has 0 radical (unpaired) electrons. The first-order valence-corrected chi connectivity index (χ1v) is 5.66. The molecule has 102 valence electrons. The van der Waals surface area contributed by atoms with E-state index in [1.807, 2.05) is 0 Å². The van der Waals surface area contributed by atoms with Crippen molar-refractivity contribution >= 4 is 0 Å². The predicted octanol–water partition coefficient (Wildman–Crippen LogP) is -3.82. The van der Waals surface area contributed by atoms with Gasteiger partial charge in [0.15, 0.2) is 0 Å². The number of H-pyrrole nitrogens is 1. The summed E-state index contributed by atoms with van der Waals surface area (Å²) in [4.78, 5) is 27.8. The fraction of sp³-hybridized carbons (Fsp3) is 0.600. The monoisotopic (exact) mass is 289 g/mol. The van der Waals surface area contributed by atoms with Gasteiger partial charge < -0.3 is 9.84 Å². The molecule has 1 saturated heterocycles. The van der Waals surface area contributed by atoms with Gasteiger partial charge in [-0.15, -0.1) is 6.61 Å². The van der Waals surface area contributed by atoms with Crippen LogP contribution in [-0.2, 0) is 4.74 Å². The van der Waals surface area contributed by atoms with E-state index in [9.17, 15) is 14.7 Å². The minimum atomic E-state index is -0.764. The summed E-state index contributed by atoms with van der Waals surface area (Å²) in [5.41, 5.74) is 7.69. The van der Waals surface area contributed by atoms with Gasteiger partial charge in [-0.25, -0.2) is 4.79 Å². The Bertz CT molecular complexity index is 635. The van der Waals surface area contributed by atoms with Gasteiger partial charge in [-0.2, -0.15) is 0 Å². The molecule has 0 bridgehead atoms. The maximum absolute atomic E-state index is 11.7. The van der Waals surface area contributed by atoms with Crippen molar-refractivity contribution < 1.29 is 39.4 Å². The molecular weight excluding hydrogens is 277 g/mol. The van der Waals surface area contributed by atoms with Crippen molar-refractivity contribution in [1.82, 2.24) is 9.55 Å². The summed E-state index contributed by atoms with van der Waals surface area (Å²) >= 11 is 0. The molecule has 9 nitrogen and oxygen atoms in total. The van der Waals surface area contributed by atoms with Crippen molar-refractivity contribution in [2.45, 2.75) is 31.7 Å². The second-order valence-corrected chi connectivity index (χ2v) is 4.28. The number of nitrogens with one attached hydrogen (secondary N) is 1. The zero-order valence-electron chi connectivity index (χ0n) is 11.1. The van der Waals surface area contributed by atoms with Crippen LogP contribution in [0.4, 0.5) is 0 Å². The Labute approximate surface area is 135 Å². The van der Waals surface area contributed by atoms with Crippen LogP contribution in [0.1, 0.15) is 18.2 Å². The van der Waals surface area contributed by atoms with Gasteiger partial charge in [0.25, 0.3) is 5.56 Å². The minimum Gasteiger partial charge on any atom is -0.853 e. The molecular formula is C10H12N5NaO4. The standard InChI is InChI=1S/C10H12N5O4.Na/c1-5-3-15(10(18)12-9(5)17)8-2-6(13-14-11)7(4-16)19-8;/h3,6-8H,2,4H2,1H3,(H,12,17,18);/q-1;+1/t6-,7+,8+;/m0./s1. The number of nitrogens with zero attached hydrogens (tertiary/aromatic N) is 4. The average molecular weight is 289 g/mol. The first kappa shape index (κ1) is 17.0. The fourth-order valence-corrected chi connectivity index (χ4v) is 2.02. The van der Waals surface area contributed by atoms with Crippen molar-refractivity contribution in [3.63, 3.8) is 0 Å². The number of rotatable bonds is 3. The maximum Gasteiger partial charge on any atom is 1.00 e. The first-order chi connectivity index (χ1) is 9.06. The zero-order valence-corrected chi connectivity index (χ0v) is 13.1. The summed E-state index contributed by atoms with van der Waals surface area (Å²) in [6.07, 6.45) is 0.117. The van der Waals surface area contributed by atoms with Crippen LogP contribution >= 0.6 is 0 Å². The van der Waals surface area contributed by atoms with E-state index in [-0.39, 0.29) is 36.0 Å². The number of aryl methyl sites for hydroxylation is 1. The molecule has 0 unspecified atom stereocenters. The van der Waals surface area contributed by atoms with Gasteiger partial charge in [-0.1, -0.05) is 5.11 Å². The van der Waals surface area contributed by atoms with Gasteiger partial charge in [0.05, 0.1) is 12.1 Å². The molecule has 2 heterocycles. The van der Waals surface area contributed by atoms with Gasteiger partial charge >= 0.3 is 35.2 Å². The van der Waals surface area contributed by atoms with E-state index in [1.165, 1.54) is 10.8 Å². The van der Waals surface area contributed by atoms with Crippen LogP contribution in [0.3, 0.4) is 0 Å². The molecule has 1 aliphatic rings. The third kappa shape index (κ3) is 3.32. The Morgan fingerprint density at radius 3 is 2.95 bits per heavy atom. The number of aromatic nitrogens is 2. The van der Waals surface area contributed by atoms with E-state index < -0.39 is 36.2 Å². The van der Waals surface area contributed by atoms with Crippen LogP contribution in [0.25, 0.3) is 10.4 Å². The molecule has 1 N–H and O–H groups in total. The van der Waals surface area contributed by atoms with Crippen molar-refractivity contribution in [3.05, 3.63) is 43.0 Å². The van der Waals surface area contributed by atoms with E-state index in [1.54, 1.807) is 6.92 Å². The number of aromatic amines is 1.